The van der Waals surface area contributed by atoms with Crippen LogP contribution in [0.4, 0.5) is 9.18 Å². The van der Waals surface area contributed by atoms with Crippen molar-refractivity contribution in [3.63, 3.8) is 0 Å². The molecule has 0 aliphatic rings. The maximum absolute atomic E-state index is 12.7. The van der Waals surface area contributed by atoms with Gasteiger partial charge in [-0.2, -0.15) is 0 Å². The molecule has 19 heavy (non-hydrogen) atoms. The van der Waals surface area contributed by atoms with Crippen LogP contribution < -0.4 is 5.32 Å². The zero-order chi connectivity index (χ0) is 14.5. The number of halogens is 1. The predicted octanol–water partition coefficient (Wildman–Crippen LogP) is 2.58. The van der Waals surface area contributed by atoms with Gasteiger partial charge in [-0.1, -0.05) is 30.3 Å². The predicted molar refractivity (Wildman–Crippen MR) is 70.5 cm³/mol. The number of rotatable bonds is 4. The highest BCUT2D eigenvalue weighted by molar-refractivity contribution is 5.68. The summed E-state index contributed by atoms with van der Waals surface area (Å²) in [6.07, 6.45) is -2.00. The van der Waals surface area contributed by atoms with Gasteiger partial charge in [0.25, 0.3) is 0 Å². The molecule has 0 bridgehead atoms. The van der Waals surface area contributed by atoms with E-state index in [4.69, 9.17) is 4.74 Å². The number of hydrogen-bond donors (Lipinski definition) is 2. The first kappa shape index (κ1) is 15.4. The summed E-state index contributed by atoms with van der Waals surface area (Å²) in [5.41, 5.74) is -0.0232. The highest BCUT2D eigenvalue weighted by atomic mass is 19.1. The van der Waals surface area contributed by atoms with Crippen molar-refractivity contribution in [2.45, 2.75) is 38.5 Å². The minimum Gasteiger partial charge on any atom is -0.444 e. The van der Waals surface area contributed by atoms with E-state index in [2.05, 4.69) is 5.32 Å². The third-order valence-electron chi connectivity index (χ3n) is 2.37. The second-order valence-corrected chi connectivity index (χ2v) is 5.26. The zero-order valence-corrected chi connectivity index (χ0v) is 11.4. The van der Waals surface area contributed by atoms with Crippen LogP contribution in [0.2, 0.25) is 0 Å². The van der Waals surface area contributed by atoms with Gasteiger partial charge in [0.2, 0.25) is 0 Å². The molecule has 0 saturated carbocycles. The number of ether oxygens (including phenoxy) is 1. The standard InChI is InChI=1S/C14H20FNO3/c1-14(2,3)19-13(18)16-12(11(17)9-15)10-7-5-4-6-8-10/h4-8,11-12,17H,9H2,1-3H3,(H,16,18). The summed E-state index contributed by atoms with van der Waals surface area (Å²) in [4.78, 5) is 11.7. The lowest BCUT2D eigenvalue weighted by Gasteiger charge is -2.25. The number of amides is 1. The summed E-state index contributed by atoms with van der Waals surface area (Å²) in [5, 5.41) is 12.2. The monoisotopic (exact) mass is 269 g/mol. The lowest BCUT2D eigenvalue weighted by atomic mass is 10.0. The van der Waals surface area contributed by atoms with Crippen LogP contribution in [-0.2, 0) is 4.74 Å². The van der Waals surface area contributed by atoms with E-state index < -0.39 is 30.5 Å². The van der Waals surface area contributed by atoms with Gasteiger partial charge in [-0.05, 0) is 26.3 Å². The Morgan fingerprint density at radius 3 is 2.42 bits per heavy atom. The minimum absolute atomic E-state index is 0.624. The van der Waals surface area contributed by atoms with Crippen molar-refractivity contribution in [1.82, 2.24) is 5.32 Å². The van der Waals surface area contributed by atoms with Crippen LogP contribution in [0, 0.1) is 0 Å². The number of benzene rings is 1. The molecule has 4 nitrogen and oxygen atoms in total. The molecule has 1 aromatic rings. The van der Waals surface area contributed by atoms with Gasteiger partial charge in [-0.15, -0.1) is 0 Å². The van der Waals surface area contributed by atoms with E-state index in [9.17, 15) is 14.3 Å². The fourth-order valence-electron chi connectivity index (χ4n) is 1.59. The molecule has 0 aliphatic heterocycles. The van der Waals surface area contributed by atoms with Crippen LogP contribution in [0.25, 0.3) is 0 Å². The fraction of sp³-hybridized carbons (Fsp3) is 0.500. The number of carbonyl (C=O) groups is 1. The SMILES string of the molecule is CC(C)(C)OC(=O)NC(c1ccccc1)C(O)CF. The normalized spacial score (nSPS) is 14.6. The maximum Gasteiger partial charge on any atom is 0.408 e. The Balaban J connectivity index is 2.80. The molecule has 1 rings (SSSR count). The van der Waals surface area contributed by atoms with Gasteiger partial charge in [0, 0.05) is 0 Å². The molecule has 2 atom stereocenters. The molecule has 2 N–H and O–H groups in total. The molecular formula is C14H20FNO3. The van der Waals surface area contributed by atoms with Crippen LogP contribution in [0.5, 0.6) is 0 Å². The highest BCUT2D eigenvalue weighted by Crippen LogP contribution is 2.18. The van der Waals surface area contributed by atoms with Crippen LogP contribution in [-0.4, -0.2) is 29.6 Å². The first-order valence-electron chi connectivity index (χ1n) is 6.12. The maximum atomic E-state index is 12.7. The molecule has 0 fully saturated rings. The van der Waals surface area contributed by atoms with E-state index in [-0.39, 0.29) is 0 Å². The minimum atomic E-state index is -1.31. The first-order chi connectivity index (χ1) is 8.83. The molecular weight excluding hydrogens is 249 g/mol. The summed E-state index contributed by atoms with van der Waals surface area (Å²) in [6.45, 7) is 4.25. The third kappa shape index (κ3) is 5.26. The van der Waals surface area contributed by atoms with Gasteiger partial charge < -0.3 is 15.2 Å². The van der Waals surface area contributed by atoms with E-state index in [1.54, 1.807) is 51.1 Å². The summed E-state index contributed by atoms with van der Waals surface area (Å²) in [5.74, 6) is 0. The van der Waals surface area contributed by atoms with Crippen molar-refractivity contribution in [2.24, 2.45) is 0 Å². The molecule has 106 valence electrons. The van der Waals surface area contributed by atoms with Crippen LogP contribution in [0.1, 0.15) is 32.4 Å². The highest BCUT2D eigenvalue weighted by Gasteiger charge is 2.25. The van der Waals surface area contributed by atoms with Crippen molar-refractivity contribution in [2.75, 3.05) is 6.67 Å². The molecule has 0 aliphatic carbocycles. The Morgan fingerprint density at radius 2 is 1.95 bits per heavy atom. The number of nitrogens with one attached hydrogen (secondary N) is 1. The number of aliphatic hydroxyl groups is 1. The first-order valence-corrected chi connectivity index (χ1v) is 6.12. The Hall–Kier alpha value is -1.62. The van der Waals surface area contributed by atoms with Gasteiger partial charge in [-0.25, -0.2) is 9.18 Å². The second kappa shape index (κ2) is 6.52. The fourth-order valence-corrected chi connectivity index (χ4v) is 1.59. The molecule has 5 heteroatoms. The van der Waals surface area contributed by atoms with E-state index >= 15 is 0 Å². The van der Waals surface area contributed by atoms with Crippen LogP contribution in [0.15, 0.2) is 30.3 Å². The topological polar surface area (TPSA) is 58.6 Å². The van der Waals surface area contributed by atoms with Gasteiger partial charge >= 0.3 is 6.09 Å². The number of aliphatic hydroxyl groups excluding tert-OH is 1. The Kier molecular flexibility index (Phi) is 5.30. The van der Waals surface area contributed by atoms with E-state index in [0.29, 0.717) is 5.56 Å². The lowest BCUT2D eigenvalue weighted by molar-refractivity contribution is 0.0391. The van der Waals surface area contributed by atoms with Crippen LogP contribution in [0.3, 0.4) is 0 Å². The Morgan fingerprint density at radius 1 is 1.37 bits per heavy atom. The van der Waals surface area contributed by atoms with E-state index in [1.165, 1.54) is 0 Å². The molecule has 1 aromatic carbocycles. The van der Waals surface area contributed by atoms with Gasteiger partial charge in [0.1, 0.15) is 18.4 Å². The Bertz CT molecular complexity index is 403. The van der Waals surface area contributed by atoms with Crippen molar-refractivity contribution in [3.8, 4) is 0 Å². The molecule has 0 heterocycles. The van der Waals surface area contributed by atoms with Gasteiger partial charge in [0.05, 0.1) is 6.04 Å². The lowest BCUT2D eigenvalue weighted by Crippen LogP contribution is -2.40. The third-order valence-corrected chi connectivity index (χ3v) is 2.37. The van der Waals surface area contributed by atoms with E-state index in [0.717, 1.165) is 0 Å². The van der Waals surface area contributed by atoms with Crippen molar-refractivity contribution in [1.29, 1.82) is 0 Å². The largest absolute Gasteiger partial charge is 0.444 e. The average Bonchev–Trinajstić information content (AvgIpc) is 2.34. The molecule has 0 aromatic heterocycles. The molecule has 2 unspecified atom stereocenters. The number of hydrogen-bond acceptors (Lipinski definition) is 3. The second-order valence-electron chi connectivity index (χ2n) is 5.26. The average molecular weight is 269 g/mol. The summed E-state index contributed by atoms with van der Waals surface area (Å²) >= 11 is 0. The summed E-state index contributed by atoms with van der Waals surface area (Å²) in [6, 6.07) is 7.90. The van der Waals surface area contributed by atoms with Gasteiger partial charge in [0.15, 0.2) is 0 Å². The Labute approximate surface area is 112 Å². The van der Waals surface area contributed by atoms with E-state index in [1.807, 2.05) is 0 Å². The van der Waals surface area contributed by atoms with Crippen molar-refractivity contribution >= 4 is 6.09 Å². The van der Waals surface area contributed by atoms with Crippen molar-refractivity contribution in [3.05, 3.63) is 35.9 Å². The summed E-state index contributed by atoms with van der Waals surface area (Å²) < 4.78 is 17.8. The van der Waals surface area contributed by atoms with Crippen LogP contribution >= 0.6 is 0 Å². The molecule has 0 saturated heterocycles. The zero-order valence-electron chi connectivity index (χ0n) is 11.4. The molecule has 1 amide bonds. The summed E-state index contributed by atoms with van der Waals surface area (Å²) in [7, 11) is 0. The quantitative estimate of drug-likeness (QED) is 0.883. The van der Waals surface area contributed by atoms with Gasteiger partial charge in [-0.3, -0.25) is 0 Å². The number of alkyl carbamates (subject to hydrolysis) is 1. The van der Waals surface area contributed by atoms with Crippen molar-refractivity contribution < 1.29 is 19.0 Å². The molecule has 0 radical (unpaired) electrons. The number of alkyl halides is 1. The molecule has 0 spiro atoms. The smallest absolute Gasteiger partial charge is 0.408 e. The number of carbonyl (C=O) groups excluding carboxylic acids is 1.